The van der Waals surface area contributed by atoms with Crippen LogP contribution in [-0.4, -0.2) is 216 Å². The largest absolute Gasteiger partial charge is 0.494 e. The molecular formula is C112H196FN11O7. The summed E-state index contributed by atoms with van der Waals surface area (Å²) in [4.78, 5) is 12.6. The van der Waals surface area contributed by atoms with Crippen molar-refractivity contribution in [1.29, 1.82) is 0 Å². The smallest absolute Gasteiger partial charge is 0.165 e. The van der Waals surface area contributed by atoms with E-state index in [1.165, 1.54) is 146 Å². The lowest BCUT2D eigenvalue weighted by Gasteiger charge is -2.56. The number of hydrogen-bond acceptors (Lipinski definition) is 18. The van der Waals surface area contributed by atoms with Crippen molar-refractivity contribution in [3.05, 3.63) is 171 Å². The Hall–Kier alpha value is -4.85. The van der Waals surface area contributed by atoms with Crippen molar-refractivity contribution in [1.82, 2.24) is 56.4 Å². The maximum absolute atomic E-state index is 13.2. The van der Waals surface area contributed by atoms with E-state index in [9.17, 15) is 24.8 Å². The Morgan fingerprint density at radius 2 is 0.786 bits per heavy atom. The number of nitrogens with one attached hydrogen (secondary N) is 6. The maximum Gasteiger partial charge on any atom is 0.165 e. The highest BCUT2D eigenvalue weighted by Crippen LogP contribution is 2.47. The summed E-state index contributed by atoms with van der Waals surface area (Å²) < 4.78 is 44.3. The van der Waals surface area contributed by atoms with E-state index in [4.69, 9.17) is 17.0 Å². The maximum atomic E-state index is 13.2. The highest BCUT2D eigenvalue weighted by Gasteiger charge is 2.49. The Balaban J connectivity index is 0.000000261. The van der Waals surface area contributed by atoms with Gasteiger partial charge in [0.05, 0.1) is 55.9 Å². The van der Waals surface area contributed by atoms with E-state index in [0.717, 1.165) is 161 Å². The Morgan fingerprint density at radius 3 is 1.10 bits per heavy atom. The molecule has 6 aliphatic heterocycles. The first-order valence-electron chi connectivity index (χ1n) is 52.4. The highest BCUT2D eigenvalue weighted by atomic mass is 19.1. The molecule has 0 radical (unpaired) electrons. The van der Waals surface area contributed by atoms with Crippen LogP contribution in [0, 0.1) is 29.0 Å². The molecule has 3 unspecified atom stereocenters. The fourth-order valence-electron chi connectivity index (χ4n) is 16.9. The van der Waals surface area contributed by atoms with Crippen molar-refractivity contribution < 1.29 is 41.8 Å². The number of fused-ring (bicyclic) bond motifs is 1. The predicted molar refractivity (Wildman–Crippen MR) is 552 cm³/mol. The average molecular weight is 1830 g/mol. The zero-order valence-electron chi connectivity index (χ0n) is 90.1. The molecule has 10 aliphatic rings. The number of benzene rings is 5. The van der Waals surface area contributed by atoms with Gasteiger partial charge in [-0.3, -0.25) is 9.80 Å². The molecule has 5 aromatic rings. The van der Waals surface area contributed by atoms with Gasteiger partial charge in [-0.1, -0.05) is 205 Å². The zero-order valence-corrected chi connectivity index (χ0v) is 88.1. The van der Waals surface area contributed by atoms with Gasteiger partial charge in [-0.25, -0.2) is 4.39 Å². The topological polar surface area (TPSA) is 197 Å². The SMILES string of the molecule is CC(C)N1CC2(COC2)C1.CC(C)N1CC2CC2C1.CC(C)N1CCCC1.CC(C)N1CCCCC1.CC(C)N1CCOCC1.CC(C)NC1CCCC1.CC(C)NCc1ccc(C(C)(C)O)cc1.CC(C)NCc1ccc(C(C)(O)C2CC2)cc1.CC(C)NCc1ccc(C2(O)CCC2)cc1.COc1ccc(CNC(C)C)cc1F.[2H]C([2H])(NC(C)C)c1ccc(C(C)(C)O)cc1. The molecule has 4 saturated carbocycles. The van der Waals surface area contributed by atoms with Crippen molar-refractivity contribution in [3.8, 4) is 5.75 Å². The number of piperidine rings is 2. The van der Waals surface area contributed by atoms with Gasteiger partial charge < -0.3 is 81.2 Å². The monoisotopic (exact) mass is 1830 g/mol. The summed E-state index contributed by atoms with van der Waals surface area (Å²) in [5.41, 5.74) is 6.96. The number of likely N-dealkylation sites (tertiary alicyclic amines) is 4. The van der Waals surface area contributed by atoms with E-state index in [-0.39, 0.29) is 11.9 Å². The third-order valence-corrected chi connectivity index (χ3v) is 26.5. The lowest BCUT2D eigenvalue weighted by molar-refractivity contribution is -0.195. The van der Waals surface area contributed by atoms with E-state index in [0.29, 0.717) is 65.4 Å². The fourth-order valence-corrected chi connectivity index (χ4v) is 16.9. The van der Waals surface area contributed by atoms with Crippen LogP contribution in [0.25, 0.3) is 0 Å². The molecule has 0 aromatic heterocycles. The second kappa shape index (κ2) is 59.4. The standard InChI is InChI=1S/C15H23NO.C14H21NO.2C13H21NO.C11H16FNO.C8H15NO.C8H15N.2C8H17N.C7H15NO.C7H15N/c1-11(2)16-10-12-4-6-13(7-5-12)15(3,17)14-8-9-14;1-11(2)15-10-12-4-6-13(7-5-12)14(16)8-3-9-14;2*1-10(2)14-9-11-5-7-12(8-6-11)13(3,4)15;1-8(2)13-7-9-4-5-11(14-3)10(12)6-9;1-7(2)9-3-8(4-9)5-10-6-8;1-6(2)9-4-7-3-8(7)5-9;1-8(2)9-6-4-3-5-7-9;1-7(2)9-8-5-3-4-6-8;1-7(2)8-3-5-9-6-4-8;1-7(2)8-5-3-4-6-8/h4-7,11,14,16-17H,8-10H2,1-3H3;4-7,11,15-16H,3,8-10H2,1-2H3;2*5-8,10,14-15H,9H2,1-4H3;4-6,8,13H,7H2,1-3H3;7H,3-6H2,1-2H3;6-8H,3-5H2,1-2H3;8H,3-7H2,1-2H3;7-9H,3-6H2,1-2H3;7H,3-6H2,1-2H3;7H,3-6H2,1-2H3/i;;9D2;;;;;;;;. The molecule has 4 aliphatic carbocycles. The average Bonchev–Trinajstić information content (AvgIpc) is 1.73. The Kier molecular flexibility index (Phi) is 51.3. The summed E-state index contributed by atoms with van der Waals surface area (Å²) in [6.07, 6.45) is 19.6. The molecule has 131 heavy (non-hydrogen) atoms. The molecular weight excluding hydrogens is 1630 g/mol. The van der Waals surface area contributed by atoms with Crippen LogP contribution in [-0.2, 0) is 64.6 Å². The second-order valence-electron chi connectivity index (χ2n) is 43.5. The number of halogens is 1. The summed E-state index contributed by atoms with van der Waals surface area (Å²) in [6, 6.07) is 44.0. The van der Waals surface area contributed by atoms with E-state index in [1.54, 1.807) is 58.0 Å². The molecule has 0 bridgehead atoms. The number of ether oxygens (including phenoxy) is 3. The second-order valence-corrected chi connectivity index (χ2v) is 43.5. The van der Waals surface area contributed by atoms with Gasteiger partial charge in [0.25, 0.3) is 0 Å². The lowest BCUT2D eigenvalue weighted by atomic mass is 9.75. The molecule has 6 saturated heterocycles. The summed E-state index contributed by atoms with van der Waals surface area (Å²) in [6.45, 7) is 75.3. The first-order valence-corrected chi connectivity index (χ1v) is 51.4. The van der Waals surface area contributed by atoms with Gasteiger partial charge in [0, 0.05) is 153 Å². The summed E-state index contributed by atoms with van der Waals surface area (Å²) in [7, 11) is 1.46. The Labute approximate surface area is 803 Å². The molecule has 19 heteroatoms. The van der Waals surface area contributed by atoms with Gasteiger partial charge in [0.2, 0.25) is 0 Å². The number of methoxy groups -OCH3 is 1. The lowest BCUT2D eigenvalue weighted by Crippen LogP contribution is -2.67. The van der Waals surface area contributed by atoms with Gasteiger partial charge in [0.1, 0.15) is 0 Å². The predicted octanol–water partition coefficient (Wildman–Crippen LogP) is 20.6. The van der Waals surface area contributed by atoms with Crippen LogP contribution in [0.2, 0.25) is 0 Å². The van der Waals surface area contributed by atoms with Crippen LogP contribution >= 0.6 is 0 Å². The minimum absolute atomic E-state index is 0.0685. The van der Waals surface area contributed by atoms with Crippen molar-refractivity contribution >= 4 is 0 Å². The first-order chi connectivity index (χ1) is 62.4. The number of aliphatic hydroxyl groups is 4. The molecule has 18 nitrogen and oxygen atoms in total. The van der Waals surface area contributed by atoms with E-state index in [1.807, 2.05) is 39.0 Å². The van der Waals surface area contributed by atoms with Crippen molar-refractivity contribution in [3.63, 3.8) is 0 Å². The van der Waals surface area contributed by atoms with E-state index < -0.39 is 28.9 Å². The molecule has 10 N–H and O–H groups in total. The molecule has 0 amide bonds. The fraction of sp³-hybridized carbons (Fsp3) is 0.732. The summed E-state index contributed by atoms with van der Waals surface area (Å²) in [5, 5.41) is 60.0. The van der Waals surface area contributed by atoms with Crippen LogP contribution in [0.3, 0.4) is 0 Å². The molecule has 748 valence electrons. The summed E-state index contributed by atoms with van der Waals surface area (Å²) in [5.74, 6) is 2.65. The van der Waals surface area contributed by atoms with Gasteiger partial charge in [-0.2, -0.15) is 0 Å². The molecule has 6 heterocycles. The van der Waals surface area contributed by atoms with E-state index in [2.05, 4.69) is 256 Å². The molecule has 1 spiro atoms. The molecule has 5 aromatic carbocycles. The number of rotatable bonds is 28. The summed E-state index contributed by atoms with van der Waals surface area (Å²) >= 11 is 0. The zero-order chi connectivity index (χ0) is 99.0. The molecule has 3 atom stereocenters. The molecule has 10 fully saturated rings. The number of hydrogen-bond donors (Lipinski definition) is 10. The van der Waals surface area contributed by atoms with Crippen LogP contribution in [0.4, 0.5) is 4.39 Å². The van der Waals surface area contributed by atoms with E-state index >= 15 is 0 Å². The quantitative estimate of drug-likeness (QED) is 0.0227. The minimum Gasteiger partial charge on any atom is -0.494 e. The van der Waals surface area contributed by atoms with Gasteiger partial charge in [-0.15, -0.1) is 0 Å². The van der Waals surface area contributed by atoms with Crippen LogP contribution in [0.15, 0.2) is 115 Å². The third kappa shape index (κ3) is 46.4. The Morgan fingerprint density at radius 1 is 0.420 bits per heavy atom. The molecule has 15 rings (SSSR count). The highest BCUT2D eigenvalue weighted by molar-refractivity contribution is 5.32. The Bertz CT molecular complexity index is 3810. The number of nitrogens with zero attached hydrogens (tertiary/aromatic N) is 5. The van der Waals surface area contributed by atoms with Crippen LogP contribution < -0.4 is 36.6 Å². The van der Waals surface area contributed by atoms with Crippen molar-refractivity contribution in [2.45, 2.75) is 411 Å². The minimum atomic E-state index is -1.55. The number of morpholine rings is 1. The third-order valence-electron chi connectivity index (χ3n) is 26.5. The normalized spacial score (nSPS) is 20.2. The van der Waals surface area contributed by atoms with Crippen LogP contribution in [0.5, 0.6) is 5.75 Å². The van der Waals surface area contributed by atoms with Gasteiger partial charge in [-0.05, 0) is 287 Å². The van der Waals surface area contributed by atoms with Crippen LogP contribution in [0.1, 0.15) is 336 Å². The first kappa shape index (κ1) is 113. The van der Waals surface area contributed by atoms with Gasteiger partial charge in [0.15, 0.2) is 11.6 Å². The van der Waals surface area contributed by atoms with Crippen molar-refractivity contribution in [2.75, 3.05) is 99.0 Å². The van der Waals surface area contributed by atoms with Crippen molar-refractivity contribution in [2.24, 2.45) is 23.2 Å². The van der Waals surface area contributed by atoms with Gasteiger partial charge >= 0.3 is 0 Å².